The Hall–Kier alpha value is -1.56. The van der Waals surface area contributed by atoms with E-state index in [2.05, 4.69) is 21.2 Å². The highest BCUT2D eigenvalue weighted by molar-refractivity contribution is 9.10. The van der Waals surface area contributed by atoms with Crippen molar-refractivity contribution in [1.82, 2.24) is 10.2 Å². The van der Waals surface area contributed by atoms with Crippen LogP contribution in [0.1, 0.15) is 16.8 Å². The van der Waals surface area contributed by atoms with Gasteiger partial charge in [-0.25, -0.2) is 0 Å². The van der Waals surface area contributed by atoms with Crippen LogP contribution in [-0.2, 0) is 4.79 Å². The monoisotopic (exact) mass is 311 g/mol. The number of halogens is 1. The van der Waals surface area contributed by atoms with E-state index in [1.165, 1.54) is 0 Å². The molecule has 3 N–H and O–H groups in total. The summed E-state index contributed by atoms with van der Waals surface area (Å²) in [5, 5.41) is 2.72. The van der Waals surface area contributed by atoms with Gasteiger partial charge in [-0.3, -0.25) is 9.59 Å². The fourth-order valence-electron chi connectivity index (χ4n) is 1.88. The van der Waals surface area contributed by atoms with Crippen molar-refractivity contribution in [2.45, 2.75) is 12.5 Å². The topological polar surface area (TPSA) is 75.4 Å². The lowest BCUT2D eigenvalue weighted by molar-refractivity contribution is -0.128. The molecule has 1 aliphatic rings. The van der Waals surface area contributed by atoms with E-state index in [0.29, 0.717) is 24.2 Å². The number of hydrogen-bond acceptors (Lipinski definition) is 3. The number of anilines is 1. The van der Waals surface area contributed by atoms with Gasteiger partial charge in [0.25, 0.3) is 5.91 Å². The molecule has 1 atom stereocenters. The second kappa shape index (κ2) is 4.97. The van der Waals surface area contributed by atoms with Gasteiger partial charge in [-0.15, -0.1) is 0 Å². The number of amides is 2. The Morgan fingerprint density at radius 2 is 2.28 bits per heavy atom. The number of nitrogens with zero attached hydrogens (tertiary/aromatic N) is 1. The van der Waals surface area contributed by atoms with E-state index < -0.39 is 6.04 Å². The Balaban J connectivity index is 2.08. The number of carbonyl (C=O) groups excluding carboxylic acids is 2. The molecule has 18 heavy (non-hydrogen) atoms. The Morgan fingerprint density at radius 3 is 2.83 bits per heavy atom. The molecule has 1 aliphatic heterocycles. The highest BCUT2D eigenvalue weighted by Crippen LogP contribution is 2.20. The predicted octanol–water partition coefficient (Wildman–Crippen LogP) is 0.992. The summed E-state index contributed by atoms with van der Waals surface area (Å²) in [5.74, 6) is -0.323. The molecule has 1 aromatic rings. The lowest BCUT2D eigenvalue weighted by Crippen LogP contribution is -2.40. The summed E-state index contributed by atoms with van der Waals surface area (Å²) in [6, 6.07) is 4.54. The normalized spacial score (nSPS) is 19.1. The van der Waals surface area contributed by atoms with E-state index >= 15 is 0 Å². The number of nitrogens with two attached hydrogens (primary N) is 1. The van der Waals surface area contributed by atoms with Gasteiger partial charge in [0.15, 0.2) is 0 Å². The molecule has 1 unspecified atom stereocenters. The molecule has 6 heteroatoms. The Bertz CT molecular complexity index is 504. The van der Waals surface area contributed by atoms with E-state index in [9.17, 15) is 9.59 Å². The number of nitrogen functional groups attached to an aromatic ring is 1. The van der Waals surface area contributed by atoms with Crippen molar-refractivity contribution < 1.29 is 9.59 Å². The first-order valence-corrected chi connectivity index (χ1v) is 6.39. The molecule has 1 fully saturated rings. The zero-order chi connectivity index (χ0) is 13.3. The molecule has 1 saturated heterocycles. The van der Waals surface area contributed by atoms with Crippen molar-refractivity contribution in [3.8, 4) is 0 Å². The molecule has 2 amide bonds. The summed E-state index contributed by atoms with van der Waals surface area (Å²) in [6.07, 6.45) is 0.646. The van der Waals surface area contributed by atoms with E-state index in [4.69, 9.17) is 5.73 Å². The predicted molar refractivity (Wildman–Crippen MR) is 72.1 cm³/mol. The van der Waals surface area contributed by atoms with Gasteiger partial charge in [0, 0.05) is 29.3 Å². The summed E-state index contributed by atoms with van der Waals surface area (Å²) >= 11 is 3.27. The van der Waals surface area contributed by atoms with Gasteiger partial charge in [-0.05, 0) is 40.5 Å². The van der Waals surface area contributed by atoms with Crippen molar-refractivity contribution in [2.75, 3.05) is 19.3 Å². The SMILES string of the molecule is CN1CCC(NC(=O)c2ccc(Br)c(N)c2)C1=O. The van der Waals surface area contributed by atoms with Crippen molar-refractivity contribution in [1.29, 1.82) is 0 Å². The van der Waals surface area contributed by atoms with Crippen LogP contribution in [0.2, 0.25) is 0 Å². The van der Waals surface area contributed by atoms with Crippen LogP contribution in [0.5, 0.6) is 0 Å². The summed E-state index contributed by atoms with van der Waals surface area (Å²) in [4.78, 5) is 25.2. The first-order valence-electron chi connectivity index (χ1n) is 5.60. The summed E-state index contributed by atoms with van der Waals surface area (Å²) < 4.78 is 0.746. The molecule has 0 aliphatic carbocycles. The Kier molecular flexibility index (Phi) is 3.56. The van der Waals surface area contributed by atoms with Gasteiger partial charge in [0.2, 0.25) is 5.91 Å². The van der Waals surface area contributed by atoms with Crippen molar-refractivity contribution in [2.24, 2.45) is 0 Å². The third kappa shape index (κ3) is 2.48. The molecule has 0 aromatic heterocycles. The van der Waals surface area contributed by atoms with Gasteiger partial charge in [0.05, 0.1) is 0 Å². The minimum Gasteiger partial charge on any atom is -0.398 e. The molecule has 0 saturated carbocycles. The van der Waals surface area contributed by atoms with Crippen LogP contribution in [0.4, 0.5) is 5.69 Å². The average Bonchev–Trinajstić information content (AvgIpc) is 2.64. The second-order valence-electron chi connectivity index (χ2n) is 4.31. The molecule has 1 heterocycles. The lowest BCUT2D eigenvalue weighted by Gasteiger charge is -2.12. The third-order valence-electron chi connectivity index (χ3n) is 2.99. The van der Waals surface area contributed by atoms with Crippen LogP contribution in [0, 0.1) is 0 Å². The number of likely N-dealkylation sites (tertiary alicyclic amines) is 1. The van der Waals surface area contributed by atoms with Gasteiger partial charge in [0.1, 0.15) is 6.04 Å². The van der Waals surface area contributed by atoms with Crippen molar-refractivity contribution in [3.05, 3.63) is 28.2 Å². The second-order valence-corrected chi connectivity index (χ2v) is 5.17. The van der Waals surface area contributed by atoms with Crippen LogP contribution in [-0.4, -0.2) is 36.3 Å². The lowest BCUT2D eigenvalue weighted by atomic mass is 10.1. The minimum atomic E-state index is -0.424. The molecule has 0 bridgehead atoms. The van der Waals surface area contributed by atoms with Crippen LogP contribution >= 0.6 is 15.9 Å². The fraction of sp³-hybridized carbons (Fsp3) is 0.333. The van der Waals surface area contributed by atoms with Crippen molar-refractivity contribution in [3.63, 3.8) is 0 Å². The number of carbonyl (C=O) groups is 2. The molecule has 5 nitrogen and oxygen atoms in total. The fourth-order valence-corrected chi connectivity index (χ4v) is 2.13. The summed E-state index contributed by atoms with van der Waals surface area (Å²) in [5.41, 5.74) is 6.67. The summed E-state index contributed by atoms with van der Waals surface area (Å²) in [6.45, 7) is 0.673. The zero-order valence-corrected chi connectivity index (χ0v) is 11.5. The van der Waals surface area contributed by atoms with E-state index in [-0.39, 0.29) is 11.8 Å². The van der Waals surface area contributed by atoms with E-state index in [1.54, 1.807) is 30.1 Å². The van der Waals surface area contributed by atoms with Crippen LogP contribution in [0.3, 0.4) is 0 Å². The van der Waals surface area contributed by atoms with Gasteiger partial charge in [-0.2, -0.15) is 0 Å². The largest absolute Gasteiger partial charge is 0.398 e. The summed E-state index contributed by atoms with van der Waals surface area (Å²) in [7, 11) is 1.73. The molecule has 1 aromatic carbocycles. The third-order valence-corrected chi connectivity index (χ3v) is 3.71. The van der Waals surface area contributed by atoms with Gasteiger partial charge in [-0.1, -0.05) is 0 Å². The van der Waals surface area contributed by atoms with Gasteiger partial charge >= 0.3 is 0 Å². The van der Waals surface area contributed by atoms with Crippen LogP contribution in [0.15, 0.2) is 22.7 Å². The minimum absolute atomic E-state index is 0.0477. The maximum Gasteiger partial charge on any atom is 0.252 e. The number of likely N-dealkylation sites (N-methyl/N-ethyl adjacent to an activating group) is 1. The van der Waals surface area contributed by atoms with Crippen molar-refractivity contribution >= 4 is 33.4 Å². The maximum atomic E-state index is 12.0. The standard InChI is InChI=1S/C12H14BrN3O2/c1-16-5-4-10(12(16)18)15-11(17)7-2-3-8(13)9(14)6-7/h2-3,6,10H,4-5,14H2,1H3,(H,15,17). The smallest absolute Gasteiger partial charge is 0.252 e. The number of hydrogen-bond donors (Lipinski definition) is 2. The number of nitrogens with one attached hydrogen (secondary N) is 1. The first-order chi connectivity index (χ1) is 8.49. The molecular formula is C12H14BrN3O2. The molecule has 2 rings (SSSR count). The van der Waals surface area contributed by atoms with Crippen LogP contribution in [0.25, 0.3) is 0 Å². The Morgan fingerprint density at radius 1 is 1.56 bits per heavy atom. The molecular weight excluding hydrogens is 298 g/mol. The Labute approximate surface area is 113 Å². The quantitative estimate of drug-likeness (QED) is 0.800. The number of rotatable bonds is 2. The first kappa shape index (κ1) is 12.9. The maximum absolute atomic E-state index is 12.0. The highest BCUT2D eigenvalue weighted by Gasteiger charge is 2.30. The molecule has 96 valence electrons. The van der Waals surface area contributed by atoms with E-state index in [1.807, 2.05) is 0 Å². The average molecular weight is 312 g/mol. The molecule has 0 radical (unpaired) electrons. The molecule has 0 spiro atoms. The zero-order valence-electron chi connectivity index (χ0n) is 9.94. The van der Waals surface area contributed by atoms with E-state index in [0.717, 1.165) is 4.47 Å². The number of benzene rings is 1. The van der Waals surface area contributed by atoms with Crippen LogP contribution < -0.4 is 11.1 Å². The van der Waals surface area contributed by atoms with Gasteiger partial charge < -0.3 is 16.0 Å². The highest BCUT2D eigenvalue weighted by atomic mass is 79.9.